The number of para-hydroxylation sites is 2. The van der Waals surface area contributed by atoms with Crippen molar-refractivity contribution < 1.29 is 9.59 Å². The molecule has 1 aliphatic rings. The molecule has 2 aromatic carbocycles. The van der Waals surface area contributed by atoms with Gasteiger partial charge in [0.15, 0.2) is 5.78 Å². The van der Waals surface area contributed by atoms with E-state index >= 15 is 0 Å². The molecule has 2 heterocycles. The van der Waals surface area contributed by atoms with Crippen LogP contribution in [0.4, 0.5) is 5.69 Å². The van der Waals surface area contributed by atoms with Crippen LogP contribution in [0, 0.1) is 6.92 Å². The van der Waals surface area contributed by atoms with Gasteiger partial charge in [0.25, 0.3) is 0 Å². The molecule has 3 aromatic rings. The topological polar surface area (TPSA) is 42.3 Å². The fourth-order valence-corrected chi connectivity index (χ4v) is 4.09. The van der Waals surface area contributed by atoms with Crippen LogP contribution in [0.3, 0.4) is 0 Å². The van der Waals surface area contributed by atoms with E-state index in [9.17, 15) is 9.59 Å². The van der Waals surface area contributed by atoms with Crippen LogP contribution in [0.2, 0.25) is 0 Å². The predicted octanol–water partition coefficient (Wildman–Crippen LogP) is 4.13. The van der Waals surface area contributed by atoms with Crippen LogP contribution in [-0.2, 0) is 17.8 Å². The summed E-state index contributed by atoms with van der Waals surface area (Å²) in [7, 11) is 0. The van der Waals surface area contributed by atoms with E-state index in [2.05, 4.69) is 6.07 Å². The SMILES string of the molecule is CC(=O)c1c(C)n(CC(=O)N2CCCc3ccccc32)c2ccccc12. The smallest absolute Gasteiger partial charge is 0.246 e. The highest BCUT2D eigenvalue weighted by molar-refractivity contribution is 6.09. The van der Waals surface area contributed by atoms with Crippen LogP contribution < -0.4 is 4.90 Å². The van der Waals surface area contributed by atoms with Crippen LogP contribution in [0.25, 0.3) is 10.9 Å². The number of ketones is 1. The van der Waals surface area contributed by atoms with Gasteiger partial charge in [-0.3, -0.25) is 9.59 Å². The number of hydrogen-bond donors (Lipinski definition) is 0. The first kappa shape index (κ1) is 16.6. The van der Waals surface area contributed by atoms with E-state index in [1.807, 2.05) is 58.9 Å². The second-order valence-electron chi connectivity index (χ2n) is 6.90. The van der Waals surface area contributed by atoms with Crippen molar-refractivity contribution in [3.8, 4) is 0 Å². The van der Waals surface area contributed by atoms with E-state index in [1.54, 1.807) is 6.92 Å². The van der Waals surface area contributed by atoms with Gasteiger partial charge in [-0.05, 0) is 44.4 Å². The number of fused-ring (bicyclic) bond motifs is 2. The number of benzene rings is 2. The number of amides is 1. The monoisotopic (exact) mass is 346 g/mol. The molecular weight excluding hydrogens is 324 g/mol. The highest BCUT2D eigenvalue weighted by atomic mass is 16.2. The minimum Gasteiger partial charge on any atom is -0.335 e. The molecule has 0 aliphatic carbocycles. The Morgan fingerprint density at radius 3 is 2.58 bits per heavy atom. The maximum atomic E-state index is 13.1. The van der Waals surface area contributed by atoms with Crippen LogP contribution in [0.15, 0.2) is 48.5 Å². The van der Waals surface area contributed by atoms with Crippen LogP contribution in [-0.4, -0.2) is 22.8 Å². The summed E-state index contributed by atoms with van der Waals surface area (Å²) in [6.07, 6.45) is 1.99. The van der Waals surface area contributed by atoms with E-state index in [0.29, 0.717) is 5.56 Å². The molecule has 1 aromatic heterocycles. The van der Waals surface area contributed by atoms with Crippen molar-refractivity contribution in [3.05, 3.63) is 65.4 Å². The summed E-state index contributed by atoms with van der Waals surface area (Å²) >= 11 is 0. The second-order valence-corrected chi connectivity index (χ2v) is 6.90. The Kier molecular flexibility index (Phi) is 4.11. The van der Waals surface area contributed by atoms with Gasteiger partial charge in [-0.2, -0.15) is 0 Å². The quantitative estimate of drug-likeness (QED) is 0.669. The maximum Gasteiger partial charge on any atom is 0.246 e. The first-order valence-corrected chi connectivity index (χ1v) is 9.05. The molecule has 0 spiro atoms. The number of aryl methyl sites for hydroxylation is 1. The van der Waals surface area contributed by atoms with Crippen molar-refractivity contribution in [2.24, 2.45) is 0 Å². The minimum absolute atomic E-state index is 0.0354. The second kappa shape index (κ2) is 6.45. The van der Waals surface area contributed by atoms with E-state index in [0.717, 1.165) is 41.7 Å². The summed E-state index contributed by atoms with van der Waals surface area (Å²) in [5, 5.41) is 0.921. The Hall–Kier alpha value is -2.88. The van der Waals surface area contributed by atoms with Gasteiger partial charge in [-0.1, -0.05) is 36.4 Å². The zero-order chi connectivity index (χ0) is 18.3. The highest BCUT2D eigenvalue weighted by Crippen LogP contribution is 2.29. The molecule has 0 saturated heterocycles. The molecule has 1 aliphatic heterocycles. The number of rotatable bonds is 3. The van der Waals surface area contributed by atoms with Crippen molar-refractivity contribution in [2.45, 2.75) is 33.2 Å². The van der Waals surface area contributed by atoms with E-state index in [4.69, 9.17) is 0 Å². The molecule has 0 unspecified atom stereocenters. The fraction of sp³-hybridized carbons (Fsp3) is 0.273. The van der Waals surface area contributed by atoms with Gasteiger partial charge in [0.1, 0.15) is 6.54 Å². The first-order chi connectivity index (χ1) is 12.6. The standard InChI is InChI=1S/C22H22N2O2/c1-15-22(16(2)25)18-10-4-6-12-20(18)24(15)14-21(26)23-13-7-9-17-8-3-5-11-19(17)23/h3-6,8,10-12H,7,9,13-14H2,1-2H3. The zero-order valence-electron chi connectivity index (χ0n) is 15.2. The molecule has 132 valence electrons. The summed E-state index contributed by atoms with van der Waals surface area (Å²) < 4.78 is 1.98. The van der Waals surface area contributed by atoms with E-state index in [-0.39, 0.29) is 18.2 Å². The average Bonchev–Trinajstić information content (AvgIpc) is 2.93. The van der Waals surface area contributed by atoms with E-state index < -0.39 is 0 Å². The van der Waals surface area contributed by atoms with Gasteiger partial charge in [0, 0.05) is 34.4 Å². The number of aromatic nitrogens is 1. The van der Waals surface area contributed by atoms with Crippen molar-refractivity contribution in [3.63, 3.8) is 0 Å². The minimum atomic E-state index is 0.0354. The number of hydrogen-bond acceptors (Lipinski definition) is 2. The third kappa shape index (κ3) is 2.62. The molecule has 0 atom stereocenters. The average molecular weight is 346 g/mol. The zero-order valence-corrected chi connectivity index (χ0v) is 15.2. The third-order valence-corrected chi connectivity index (χ3v) is 5.29. The lowest BCUT2D eigenvalue weighted by atomic mass is 10.0. The largest absolute Gasteiger partial charge is 0.335 e. The fourth-order valence-electron chi connectivity index (χ4n) is 4.09. The molecule has 4 rings (SSSR count). The van der Waals surface area contributed by atoms with Gasteiger partial charge in [-0.15, -0.1) is 0 Å². The number of Topliss-reactive ketones (excluding diaryl/α,β-unsaturated/α-hetero) is 1. The summed E-state index contributed by atoms with van der Waals surface area (Å²) in [6, 6.07) is 15.9. The van der Waals surface area contributed by atoms with Gasteiger partial charge >= 0.3 is 0 Å². The van der Waals surface area contributed by atoms with E-state index in [1.165, 1.54) is 5.56 Å². The van der Waals surface area contributed by atoms with Gasteiger partial charge < -0.3 is 9.47 Å². The molecule has 0 N–H and O–H groups in total. The number of anilines is 1. The summed E-state index contributed by atoms with van der Waals surface area (Å²) in [5.74, 6) is 0.101. The normalized spacial score (nSPS) is 13.7. The third-order valence-electron chi connectivity index (χ3n) is 5.29. The van der Waals surface area contributed by atoms with Crippen molar-refractivity contribution in [2.75, 3.05) is 11.4 Å². The summed E-state index contributed by atoms with van der Waals surface area (Å²) in [6.45, 7) is 4.50. The van der Waals surface area contributed by atoms with Crippen molar-refractivity contribution in [1.82, 2.24) is 4.57 Å². The molecule has 1 amide bonds. The Labute approximate surface area is 153 Å². The lowest BCUT2D eigenvalue weighted by molar-refractivity contribution is -0.119. The molecule has 0 fully saturated rings. The Bertz CT molecular complexity index is 1020. The Morgan fingerprint density at radius 2 is 1.77 bits per heavy atom. The molecule has 0 bridgehead atoms. The first-order valence-electron chi connectivity index (χ1n) is 9.05. The molecular formula is C22H22N2O2. The van der Waals surface area contributed by atoms with Gasteiger partial charge in [0.05, 0.1) is 0 Å². The highest BCUT2D eigenvalue weighted by Gasteiger charge is 2.24. The van der Waals surface area contributed by atoms with Crippen molar-refractivity contribution in [1.29, 1.82) is 0 Å². The molecule has 0 radical (unpaired) electrons. The van der Waals surface area contributed by atoms with Crippen molar-refractivity contribution >= 4 is 28.3 Å². The maximum absolute atomic E-state index is 13.1. The molecule has 4 nitrogen and oxygen atoms in total. The Balaban J connectivity index is 1.74. The van der Waals surface area contributed by atoms with Gasteiger partial charge in [-0.25, -0.2) is 0 Å². The predicted molar refractivity (Wildman–Crippen MR) is 104 cm³/mol. The number of nitrogens with zero attached hydrogens (tertiary/aromatic N) is 2. The Morgan fingerprint density at radius 1 is 1.04 bits per heavy atom. The number of carbonyl (C=O) groups is 2. The van der Waals surface area contributed by atoms with Crippen LogP contribution in [0.5, 0.6) is 0 Å². The molecule has 0 saturated carbocycles. The number of carbonyl (C=O) groups excluding carboxylic acids is 2. The molecule has 26 heavy (non-hydrogen) atoms. The lowest BCUT2D eigenvalue weighted by Crippen LogP contribution is -2.37. The van der Waals surface area contributed by atoms with Gasteiger partial charge in [0.2, 0.25) is 5.91 Å². The van der Waals surface area contributed by atoms with Crippen LogP contribution in [0.1, 0.15) is 35.0 Å². The lowest BCUT2D eigenvalue weighted by Gasteiger charge is -2.30. The summed E-state index contributed by atoms with van der Waals surface area (Å²) in [4.78, 5) is 27.2. The summed E-state index contributed by atoms with van der Waals surface area (Å²) in [5.41, 5.74) is 4.76. The molecule has 4 heteroatoms. The van der Waals surface area contributed by atoms with Crippen LogP contribution >= 0.6 is 0 Å².